The van der Waals surface area contributed by atoms with E-state index in [4.69, 9.17) is 16.3 Å². The van der Waals surface area contributed by atoms with Gasteiger partial charge in [0.25, 0.3) is 0 Å². The van der Waals surface area contributed by atoms with Gasteiger partial charge in [-0.25, -0.2) is 39.5 Å². The van der Waals surface area contributed by atoms with E-state index in [2.05, 4.69) is 73.1 Å². The molecule has 0 aliphatic heterocycles. The average Bonchev–Trinajstić information content (AvgIpc) is 0.878. The Morgan fingerprint density at radius 3 is 0.540 bits per heavy atom. The first kappa shape index (κ1) is 162. The maximum atomic E-state index is 11.9. The summed E-state index contributed by atoms with van der Waals surface area (Å²) in [6.07, 6.45) is -4.21. The van der Waals surface area contributed by atoms with Gasteiger partial charge >= 0.3 is 6.18 Å². The van der Waals surface area contributed by atoms with E-state index in [9.17, 15) is 52.7 Å². The number of hydrogen-bond acceptors (Lipinski definition) is 1. The molecule has 0 fully saturated rings. The molecule has 124 heavy (non-hydrogen) atoms. The average molecular weight is 1850 g/mol. The first-order valence-corrected chi connectivity index (χ1v) is 45.8. The topological polar surface area (TPSA) is 9.23 Å². The van der Waals surface area contributed by atoms with Crippen molar-refractivity contribution in [1.29, 1.82) is 0 Å². The molecule has 0 saturated carbocycles. The predicted octanol–water partition coefficient (Wildman–Crippen LogP) is 42.7. The van der Waals surface area contributed by atoms with Gasteiger partial charge in [-0.3, -0.25) is 0 Å². The van der Waals surface area contributed by atoms with Crippen molar-refractivity contribution < 1.29 is 57.4 Å². The Morgan fingerprint density at radius 1 is 0.218 bits per heavy atom. The summed E-state index contributed by atoms with van der Waals surface area (Å²) >= 11 is 8.85. The third-order valence-corrected chi connectivity index (χ3v) is 10.4. The predicted molar refractivity (Wildman–Crippen MR) is 545 cm³/mol. The molecule has 11 aromatic carbocycles. The molecule has 0 N–H and O–H groups in total. The van der Waals surface area contributed by atoms with Crippen LogP contribution < -0.4 is 4.74 Å². The normalized spacial score (nSPS) is 7.35. The lowest BCUT2D eigenvalue weighted by atomic mass is 10.2. The minimum absolute atomic E-state index is 0.178. The summed E-state index contributed by atoms with van der Waals surface area (Å²) in [4.78, 5) is 0. The molecule has 0 heterocycles. The summed E-state index contributed by atoms with van der Waals surface area (Å²) in [5.41, 5.74) is 3.38. The zero-order chi connectivity index (χ0) is 102. The van der Waals surface area contributed by atoms with Gasteiger partial charge < -0.3 is 4.74 Å². The van der Waals surface area contributed by atoms with Gasteiger partial charge in [0.15, 0.2) is 11.6 Å². The molecule has 0 aliphatic rings. The Balaban J connectivity index is -0.0000000554. The van der Waals surface area contributed by atoms with E-state index in [-0.39, 0.29) is 5.82 Å². The number of aryl methyl sites for hydroxylation is 3. The van der Waals surface area contributed by atoms with Crippen LogP contribution in [0.15, 0.2) is 308 Å². The van der Waals surface area contributed by atoms with Crippen LogP contribution >= 0.6 is 27.5 Å². The molecule has 15 heteroatoms. The molecule has 0 aromatic heterocycles. The van der Waals surface area contributed by atoms with Gasteiger partial charge in [0.2, 0.25) is 0 Å². The molecule has 0 aliphatic carbocycles. The van der Waals surface area contributed by atoms with Crippen LogP contribution in [0.5, 0.6) is 5.75 Å². The standard InChI is InChI=1S/C8H10.C7H5F3.C7H8O.C7H8.C6H5Br.C6H5Cl.4C6H4F2.C6H5F.19C2H6/c1-7-3-5-8(2)6-4-7;8-7(9,10)6-4-2-1-3-5-6;1-8-7-5-3-2-4-6-7;1-7-5-3-2-4-6-7;2*7-6-4-2-1-3-5-6;7-5-1-2-6(8)4-3-5;2*7-5-2-1-3-6(8)4-5;7-5-3-1-2-4-6(5)8;7-6-4-2-1-3-5-6;19*1-2/h3-6H,1-2H3;1-5H;2-6H,1H3;2-6H,1H3;2*1-5H;4*1-4H;1-5H;19*1-2H3. The summed E-state index contributed by atoms with van der Waals surface area (Å²) in [7, 11) is 1.66. The number of hydrogen-bond donors (Lipinski definition) is 0. The van der Waals surface area contributed by atoms with Crippen LogP contribution in [0.1, 0.15) is 285 Å². The van der Waals surface area contributed by atoms with Crippen molar-refractivity contribution in [3.63, 3.8) is 0 Å². The molecule has 0 amide bonds. The fraction of sp³-hybridized carbons (Fsp3) is 0.394. The van der Waals surface area contributed by atoms with Gasteiger partial charge in [-0.05, 0) is 130 Å². The zero-order valence-electron chi connectivity index (χ0n) is 85.1. The molecule has 1 nitrogen and oxygen atoms in total. The molecular weight excluding hydrogens is 1670 g/mol. The van der Waals surface area contributed by atoms with Gasteiger partial charge in [0, 0.05) is 21.6 Å². The number of benzene rings is 11. The lowest BCUT2D eigenvalue weighted by Gasteiger charge is -2.03. The second-order valence-corrected chi connectivity index (χ2v) is 18.2. The fourth-order valence-corrected chi connectivity index (χ4v) is 5.84. The van der Waals surface area contributed by atoms with E-state index in [1.807, 2.05) is 372 Å². The molecule has 0 atom stereocenters. The van der Waals surface area contributed by atoms with Crippen molar-refractivity contribution in [1.82, 2.24) is 0 Å². The first-order valence-electron chi connectivity index (χ1n) is 44.6. The molecule has 11 aromatic rings. The molecule has 716 valence electrons. The summed E-state index contributed by atoms with van der Waals surface area (Å²) in [5.74, 6) is -3.84. The van der Waals surface area contributed by atoms with Crippen molar-refractivity contribution in [2.24, 2.45) is 0 Å². The highest BCUT2D eigenvalue weighted by atomic mass is 79.9. The van der Waals surface area contributed by atoms with Gasteiger partial charge in [0.1, 0.15) is 46.5 Å². The second-order valence-electron chi connectivity index (χ2n) is 16.8. The largest absolute Gasteiger partial charge is 0.497 e. The van der Waals surface area contributed by atoms with Crippen molar-refractivity contribution in [3.05, 3.63) is 387 Å². The number of rotatable bonds is 1. The number of alkyl halides is 3. The van der Waals surface area contributed by atoms with Crippen LogP contribution in [0.4, 0.5) is 52.7 Å². The van der Waals surface area contributed by atoms with E-state index in [0.717, 1.165) is 75.9 Å². The lowest BCUT2D eigenvalue weighted by molar-refractivity contribution is -0.137. The van der Waals surface area contributed by atoms with Crippen molar-refractivity contribution >= 4 is 27.5 Å². The zero-order valence-corrected chi connectivity index (χ0v) is 87.4. The number of methoxy groups -OCH3 is 1. The SMILES string of the molecule is Brc1ccccc1.CC.CC.CC.CC.CC.CC.CC.CC.CC.CC.CC.CC.CC.CC.CC.CC.CC.CC.CC.COc1ccccc1.Cc1ccc(C)cc1.Cc1ccccc1.Clc1ccccc1.FC(F)(F)c1ccccc1.Fc1ccc(F)cc1.Fc1cccc(F)c1.Fc1cccc(F)c1.Fc1ccccc1.Fc1ccccc1F. The lowest BCUT2D eigenvalue weighted by Crippen LogP contribution is -2.03. The molecule has 0 spiro atoms. The number of ether oxygens (including phenoxy) is 1. The third kappa shape index (κ3) is 148. The van der Waals surface area contributed by atoms with Gasteiger partial charge in [-0.2, -0.15) is 13.2 Å². The molecular formula is C109H176BrClF12O. The van der Waals surface area contributed by atoms with Crippen molar-refractivity contribution in [3.8, 4) is 5.75 Å². The first-order chi connectivity index (χ1) is 60.1. The second kappa shape index (κ2) is 158. The van der Waals surface area contributed by atoms with Crippen molar-refractivity contribution in [2.45, 2.75) is 290 Å². The van der Waals surface area contributed by atoms with E-state index < -0.39 is 58.3 Å². The smallest absolute Gasteiger partial charge is 0.416 e. The van der Waals surface area contributed by atoms with Crippen LogP contribution in [-0.4, -0.2) is 7.11 Å². The van der Waals surface area contributed by atoms with E-state index in [0.29, 0.717) is 0 Å². The van der Waals surface area contributed by atoms with Crippen LogP contribution in [-0.2, 0) is 6.18 Å². The van der Waals surface area contributed by atoms with E-state index in [1.165, 1.54) is 89.5 Å². The van der Waals surface area contributed by atoms with Gasteiger partial charge in [-0.1, -0.05) is 489 Å². The highest BCUT2D eigenvalue weighted by Gasteiger charge is 2.29. The highest BCUT2D eigenvalue weighted by Crippen LogP contribution is 2.28. The van der Waals surface area contributed by atoms with Gasteiger partial charge in [0.05, 0.1) is 12.7 Å². The monoisotopic (exact) mass is 1840 g/mol. The Hall–Kier alpha value is -8.85. The van der Waals surface area contributed by atoms with E-state index >= 15 is 0 Å². The summed E-state index contributed by atoms with van der Waals surface area (Å²) in [5, 5.41) is 0.794. The van der Waals surface area contributed by atoms with Crippen LogP contribution in [0.3, 0.4) is 0 Å². The number of halogens is 14. The van der Waals surface area contributed by atoms with Crippen molar-refractivity contribution in [2.75, 3.05) is 7.11 Å². The Morgan fingerprint density at radius 2 is 0.403 bits per heavy atom. The Bertz CT molecular complexity index is 3030. The molecule has 0 bridgehead atoms. The summed E-state index contributed by atoms with van der Waals surface area (Å²) in [6, 6.07) is 80.6. The summed E-state index contributed by atoms with van der Waals surface area (Å²) in [6.45, 7) is 82.3. The molecule has 0 radical (unpaired) electrons. The minimum atomic E-state index is -4.21. The van der Waals surface area contributed by atoms with Crippen LogP contribution in [0, 0.1) is 73.1 Å². The van der Waals surface area contributed by atoms with Crippen LogP contribution in [0.25, 0.3) is 0 Å². The van der Waals surface area contributed by atoms with Crippen LogP contribution in [0.2, 0.25) is 5.02 Å². The number of para-hydroxylation sites is 1. The fourth-order valence-electron chi connectivity index (χ4n) is 5.39. The Kier molecular flexibility index (Phi) is 207. The highest BCUT2D eigenvalue weighted by molar-refractivity contribution is 9.10. The van der Waals surface area contributed by atoms with E-state index in [1.54, 1.807) is 31.4 Å². The Labute approximate surface area is 770 Å². The third-order valence-electron chi connectivity index (χ3n) is 9.64. The molecule has 11 rings (SSSR count). The molecule has 0 saturated heterocycles. The molecule has 0 unspecified atom stereocenters. The summed E-state index contributed by atoms with van der Waals surface area (Å²) < 4.78 is 149. The quantitative estimate of drug-likeness (QED) is 0.149. The minimum Gasteiger partial charge on any atom is -0.497 e. The van der Waals surface area contributed by atoms with Gasteiger partial charge in [-0.15, -0.1) is 0 Å². The maximum Gasteiger partial charge on any atom is 0.416 e. The maximum absolute atomic E-state index is 11.9.